The van der Waals surface area contributed by atoms with Crippen LogP contribution in [0.25, 0.3) is 0 Å². The molecule has 0 spiro atoms. The van der Waals surface area contributed by atoms with E-state index in [-0.39, 0.29) is 0 Å². The first-order valence-corrected chi connectivity index (χ1v) is 3.43. The Hall–Kier alpha value is -1.44. The van der Waals surface area contributed by atoms with Gasteiger partial charge in [0.05, 0.1) is 0 Å². The van der Waals surface area contributed by atoms with Crippen LogP contribution in [-0.2, 0) is 0 Å². The van der Waals surface area contributed by atoms with E-state index in [4.69, 9.17) is 10.5 Å². The second-order valence-electron chi connectivity index (χ2n) is 2.29. The molecule has 2 N–H and O–H groups in total. The van der Waals surface area contributed by atoms with Crippen molar-refractivity contribution in [1.29, 1.82) is 0 Å². The third-order valence-corrected chi connectivity index (χ3v) is 1.12. The highest BCUT2D eigenvalue weighted by Crippen LogP contribution is 2.08. The van der Waals surface area contributed by atoms with Gasteiger partial charge < -0.3 is 10.5 Å². The molecule has 0 saturated carbocycles. The van der Waals surface area contributed by atoms with Gasteiger partial charge in [0.25, 0.3) is 0 Å². The van der Waals surface area contributed by atoms with Crippen molar-refractivity contribution in [1.82, 2.24) is 0 Å². The molecule has 0 saturated heterocycles. The Morgan fingerprint density at radius 2 is 2.00 bits per heavy atom. The summed E-state index contributed by atoms with van der Waals surface area (Å²) < 4.78 is 5.18. The second kappa shape index (κ2) is 3.66. The standard InChI is InChI=1S/C9H11NO/c1-8(10)7-11-9-5-3-2-4-6-9/h2-7H,10H2,1H3/b8-7+. The average molecular weight is 149 g/mol. The van der Waals surface area contributed by atoms with E-state index in [0.717, 1.165) is 5.75 Å². The minimum absolute atomic E-state index is 0.661. The lowest BCUT2D eigenvalue weighted by Crippen LogP contribution is -1.93. The third-order valence-electron chi connectivity index (χ3n) is 1.12. The van der Waals surface area contributed by atoms with Gasteiger partial charge >= 0.3 is 0 Å². The van der Waals surface area contributed by atoms with Crippen molar-refractivity contribution in [3.63, 3.8) is 0 Å². The van der Waals surface area contributed by atoms with Crippen molar-refractivity contribution in [2.75, 3.05) is 0 Å². The number of benzene rings is 1. The molecule has 0 aromatic heterocycles. The summed E-state index contributed by atoms with van der Waals surface area (Å²) in [6, 6.07) is 9.51. The van der Waals surface area contributed by atoms with Crippen LogP contribution >= 0.6 is 0 Å². The number of para-hydroxylation sites is 1. The van der Waals surface area contributed by atoms with Crippen molar-refractivity contribution < 1.29 is 4.74 Å². The van der Waals surface area contributed by atoms with Crippen LogP contribution in [0.15, 0.2) is 42.3 Å². The molecule has 1 rings (SSSR count). The van der Waals surface area contributed by atoms with Crippen molar-refractivity contribution in [2.24, 2.45) is 5.73 Å². The molecule has 0 bridgehead atoms. The number of nitrogens with two attached hydrogens (primary N) is 1. The SMILES string of the molecule is C/C(N)=C\Oc1ccccc1. The highest BCUT2D eigenvalue weighted by Gasteiger charge is 1.85. The maximum Gasteiger partial charge on any atom is 0.126 e. The second-order valence-corrected chi connectivity index (χ2v) is 2.29. The van der Waals surface area contributed by atoms with Gasteiger partial charge in [-0.1, -0.05) is 18.2 Å². The highest BCUT2D eigenvalue weighted by molar-refractivity contribution is 5.22. The quantitative estimate of drug-likeness (QED) is 0.651. The minimum atomic E-state index is 0.661. The van der Waals surface area contributed by atoms with Crippen molar-refractivity contribution in [3.05, 3.63) is 42.3 Å². The van der Waals surface area contributed by atoms with E-state index in [1.165, 1.54) is 6.26 Å². The molecule has 1 aromatic carbocycles. The van der Waals surface area contributed by atoms with Crippen LogP contribution in [0.5, 0.6) is 5.75 Å². The van der Waals surface area contributed by atoms with Gasteiger partial charge in [0, 0.05) is 5.70 Å². The Morgan fingerprint density at radius 3 is 2.55 bits per heavy atom. The molecule has 0 heterocycles. The Kier molecular flexibility index (Phi) is 2.55. The summed E-state index contributed by atoms with van der Waals surface area (Å²) >= 11 is 0. The van der Waals surface area contributed by atoms with E-state index in [0.29, 0.717) is 5.70 Å². The Balaban J connectivity index is 2.59. The van der Waals surface area contributed by atoms with Crippen LogP contribution in [0.4, 0.5) is 0 Å². The largest absolute Gasteiger partial charge is 0.463 e. The summed E-state index contributed by atoms with van der Waals surface area (Å²) in [5.74, 6) is 0.803. The van der Waals surface area contributed by atoms with E-state index in [2.05, 4.69) is 0 Å². The zero-order chi connectivity index (χ0) is 8.10. The highest BCUT2D eigenvalue weighted by atomic mass is 16.5. The molecule has 1 aromatic rings. The van der Waals surface area contributed by atoms with Crippen molar-refractivity contribution in [3.8, 4) is 5.75 Å². The van der Waals surface area contributed by atoms with Gasteiger partial charge in [-0.15, -0.1) is 0 Å². The minimum Gasteiger partial charge on any atom is -0.463 e. The maximum absolute atomic E-state index is 5.38. The molecule has 0 fully saturated rings. The van der Waals surface area contributed by atoms with Gasteiger partial charge in [-0.25, -0.2) is 0 Å². The van der Waals surface area contributed by atoms with Crippen LogP contribution in [0, 0.1) is 0 Å². The fourth-order valence-electron chi connectivity index (χ4n) is 0.660. The van der Waals surface area contributed by atoms with E-state index in [1.807, 2.05) is 30.3 Å². The van der Waals surface area contributed by atoms with E-state index in [9.17, 15) is 0 Å². The lowest BCUT2D eigenvalue weighted by atomic mass is 10.3. The van der Waals surface area contributed by atoms with Crippen molar-refractivity contribution >= 4 is 0 Å². The number of hydrogen-bond acceptors (Lipinski definition) is 2. The van der Waals surface area contributed by atoms with Gasteiger partial charge in [-0.3, -0.25) is 0 Å². The molecule has 0 amide bonds. The molecular formula is C9H11NO. The number of rotatable bonds is 2. The molecule has 0 aliphatic carbocycles. The molecule has 2 nitrogen and oxygen atoms in total. The first-order valence-electron chi connectivity index (χ1n) is 3.43. The fourth-order valence-corrected chi connectivity index (χ4v) is 0.660. The first kappa shape index (κ1) is 7.66. The molecule has 0 atom stereocenters. The van der Waals surface area contributed by atoms with Crippen molar-refractivity contribution in [2.45, 2.75) is 6.92 Å². The van der Waals surface area contributed by atoms with Crippen LogP contribution in [0.3, 0.4) is 0 Å². The van der Waals surface area contributed by atoms with Gasteiger partial charge in [0.1, 0.15) is 12.0 Å². The molecule has 0 unspecified atom stereocenters. The van der Waals surface area contributed by atoms with Gasteiger partial charge in [0.2, 0.25) is 0 Å². The average Bonchev–Trinajstić information content (AvgIpc) is 2.03. The Bertz CT molecular complexity index is 237. The first-order chi connectivity index (χ1) is 5.29. The molecule has 0 aliphatic rings. The number of hydrogen-bond donors (Lipinski definition) is 1. The van der Waals surface area contributed by atoms with E-state index < -0.39 is 0 Å². The number of allylic oxidation sites excluding steroid dienone is 1. The summed E-state index contributed by atoms with van der Waals surface area (Å²) in [6.07, 6.45) is 1.52. The van der Waals surface area contributed by atoms with Gasteiger partial charge in [-0.05, 0) is 19.1 Å². The lowest BCUT2D eigenvalue weighted by molar-refractivity contribution is 0.475. The van der Waals surface area contributed by atoms with Crippen LogP contribution < -0.4 is 10.5 Å². The van der Waals surface area contributed by atoms with Crippen LogP contribution in [0.1, 0.15) is 6.92 Å². The Morgan fingerprint density at radius 1 is 1.36 bits per heavy atom. The molecular weight excluding hydrogens is 138 g/mol. The number of ether oxygens (including phenoxy) is 1. The maximum atomic E-state index is 5.38. The third kappa shape index (κ3) is 2.76. The van der Waals surface area contributed by atoms with E-state index >= 15 is 0 Å². The summed E-state index contributed by atoms with van der Waals surface area (Å²) in [7, 11) is 0. The summed E-state index contributed by atoms with van der Waals surface area (Å²) in [4.78, 5) is 0. The monoisotopic (exact) mass is 149 g/mol. The topological polar surface area (TPSA) is 35.2 Å². The zero-order valence-corrected chi connectivity index (χ0v) is 6.45. The summed E-state index contributed by atoms with van der Waals surface area (Å²) in [5.41, 5.74) is 6.04. The van der Waals surface area contributed by atoms with E-state index in [1.54, 1.807) is 6.92 Å². The van der Waals surface area contributed by atoms with Gasteiger partial charge in [0.15, 0.2) is 0 Å². The summed E-state index contributed by atoms with van der Waals surface area (Å²) in [6.45, 7) is 1.78. The molecule has 0 aliphatic heterocycles. The predicted octanol–water partition coefficient (Wildman–Crippen LogP) is 1.89. The Labute approximate surface area is 66.3 Å². The molecule has 58 valence electrons. The van der Waals surface area contributed by atoms with Crippen LogP contribution in [-0.4, -0.2) is 0 Å². The molecule has 2 heteroatoms. The fraction of sp³-hybridized carbons (Fsp3) is 0.111. The lowest BCUT2D eigenvalue weighted by Gasteiger charge is -1.98. The van der Waals surface area contributed by atoms with Crippen LogP contribution in [0.2, 0.25) is 0 Å². The smallest absolute Gasteiger partial charge is 0.126 e. The van der Waals surface area contributed by atoms with Gasteiger partial charge in [-0.2, -0.15) is 0 Å². The molecule has 11 heavy (non-hydrogen) atoms. The summed E-state index contributed by atoms with van der Waals surface area (Å²) in [5, 5.41) is 0. The zero-order valence-electron chi connectivity index (χ0n) is 6.45. The normalized spacial score (nSPS) is 11.2. The molecule has 0 radical (unpaired) electrons. The predicted molar refractivity (Wildman–Crippen MR) is 45.0 cm³/mol.